The average molecular weight is 291 g/mol. The Morgan fingerprint density at radius 1 is 1.24 bits per heavy atom. The molecular formula is C17H29N3O. The molecule has 1 heterocycles. The Bertz CT molecular complexity index is 407. The Hall–Kier alpha value is -1.10. The van der Waals surface area contributed by atoms with Gasteiger partial charge in [-0.1, -0.05) is 19.1 Å². The Balaban J connectivity index is 1.69. The molecule has 1 atom stereocenters. The van der Waals surface area contributed by atoms with Gasteiger partial charge < -0.3 is 10.5 Å². The lowest BCUT2D eigenvalue weighted by Crippen LogP contribution is -2.52. The van der Waals surface area contributed by atoms with Crippen LogP contribution >= 0.6 is 0 Å². The van der Waals surface area contributed by atoms with Crippen LogP contribution in [0.4, 0.5) is 0 Å². The van der Waals surface area contributed by atoms with Gasteiger partial charge in [0.25, 0.3) is 0 Å². The molecule has 0 aliphatic carbocycles. The first-order chi connectivity index (χ1) is 10.2. The molecule has 118 valence electrons. The normalized spacial score (nSPS) is 20.6. The van der Waals surface area contributed by atoms with Crippen LogP contribution in [-0.4, -0.2) is 61.7 Å². The molecule has 4 heteroatoms. The maximum absolute atomic E-state index is 5.84. The van der Waals surface area contributed by atoms with E-state index in [0.29, 0.717) is 12.6 Å². The number of nitrogens with two attached hydrogens (primary N) is 1. The summed E-state index contributed by atoms with van der Waals surface area (Å²) < 4.78 is 5.84. The number of ether oxygens (including phenoxy) is 1. The molecule has 1 aromatic rings. The van der Waals surface area contributed by atoms with Crippen LogP contribution in [0, 0.1) is 0 Å². The van der Waals surface area contributed by atoms with Gasteiger partial charge in [0.05, 0.1) is 0 Å². The summed E-state index contributed by atoms with van der Waals surface area (Å²) in [5.41, 5.74) is 6.82. The highest BCUT2D eigenvalue weighted by Gasteiger charge is 2.21. The topological polar surface area (TPSA) is 41.7 Å². The average Bonchev–Trinajstić information content (AvgIpc) is 2.49. The van der Waals surface area contributed by atoms with E-state index in [4.69, 9.17) is 10.5 Å². The van der Waals surface area contributed by atoms with Gasteiger partial charge in [-0.05, 0) is 44.1 Å². The van der Waals surface area contributed by atoms with E-state index in [1.807, 2.05) is 12.1 Å². The summed E-state index contributed by atoms with van der Waals surface area (Å²) in [7, 11) is 0. The van der Waals surface area contributed by atoms with Gasteiger partial charge in [-0.3, -0.25) is 9.80 Å². The second-order valence-electron chi connectivity index (χ2n) is 5.81. The van der Waals surface area contributed by atoms with Crippen LogP contribution in [0.2, 0.25) is 0 Å². The number of piperazine rings is 1. The zero-order valence-corrected chi connectivity index (χ0v) is 13.4. The van der Waals surface area contributed by atoms with Gasteiger partial charge in [0.1, 0.15) is 12.4 Å². The van der Waals surface area contributed by atoms with Gasteiger partial charge in [-0.25, -0.2) is 0 Å². The van der Waals surface area contributed by atoms with Gasteiger partial charge >= 0.3 is 0 Å². The summed E-state index contributed by atoms with van der Waals surface area (Å²) in [6.07, 6.45) is 0.930. The van der Waals surface area contributed by atoms with Crippen LogP contribution in [0.25, 0.3) is 0 Å². The van der Waals surface area contributed by atoms with E-state index in [-0.39, 0.29) is 0 Å². The quantitative estimate of drug-likeness (QED) is 0.828. The zero-order chi connectivity index (χ0) is 15.1. The third-order valence-corrected chi connectivity index (χ3v) is 4.29. The van der Waals surface area contributed by atoms with Crippen LogP contribution in [0.15, 0.2) is 24.3 Å². The number of nitrogens with zero attached hydrogens (tertiary/aromatic N) is 2. The maximum atomic E-state index is 5.84. The zero-order valence-electron chi connectivity index (χ0n) is 13.4. The molecule has 2 N–H and O–H groups in total. The third kappa shape index (κ3) is 4.99. The van der Waals surface area contributed by atoms with Crippen molar-refractivity contribution in [1.29, 1.82) is 0 Å². The van der Waals surface area contributed by atoms with Crippen LogP contribution in [0.3, 0.4) is 0 Å². The predicted molar refractivity (Wildman–Crippen MR) is 87.8 cm³/mol. The fourth-order valence-corrected chi connectivity index (χ4v) is 2.96. The molecule has 1 fully saturated rings. The molecule has 0 amide bonds. The fourth-order valence-electron chi connectivity index (χ4n) is 2.96. The maximum Gasteiger partial charge on any atom is 0.119 e. The standard InChI is InChI=1S/C17H29N3O/c1-3-20-11-10-19(14-15(20)2)12-13-21-17-6-4-16(5-7-17)8-9-18/h4-7,15H,3,8-14,18H2,1-2H3. The molecule has 1 aliphatic rings. The highest BCUT2D eigenvalue weighted by molar-refractivity contribution is 5.27. The summed E-state index contributed by atoms with van der Waals surface area (Å²) in [6.45, 7) is 11.6. The molecule has 0 radical (unpaired) electrons. The van der Waals surface area contributed by atoms with E-state index in [1.165, 1.54) is 12.1 Å². The van der Waals surface area contributed by atoms with Crippen molar-refractivity contribution in [1.82, 2.24) is 9.80 Å². The molecule has 21 heavy (non-hydrogen) atoms. The molecule has 0 spiro atoms. The first-order valence-electron chi connectivity index (χ1n) is 8.11. The second kappa shape index (κ2) is 8.37. The monoisotopic (exact) mass is 291 g/mol. The van der Waals surface area contributed by atoms with Crippen molar-refractivity contribution in [3.8, 4) is 5.75 Å². The minimum Gasteiger partial charge on any atom is -0.492 e. The number of rotatable bonds is 7. The third-order valence-electron chi connectivity index (χ3n) is 4.29. The van der Waals surface area contributed by atoms with E-state index >= 15 is 0 Å². The smallest absolute Gasteiger partial charge is 0.119 e. The van der Waals surface area contributed by atoms with Crippen molar-refractivity contribution in [3.05, 3.63) is 29.8 Å². The molecule has 1 aliphatic heterocycles. The first-order valence-corrected chi connectivity index (χ1v) is 8.11. The molecule has 0 bridgehead atoms. The van der Waals surface area contributed by atoms with Crippen molar-refractivity contribution in [2.24, 2.45) is 5.73 Å². The van der Waals surface area contributed by atoms with Crippen molar-refractivity contribution in [2.75, 3.05) is 45.9 Å². The molecular weight excluding hydrogens is 262 g/mol. The van der Waals surface area contributed by atoms with Crippen LogP contribution < -0.4 is 10.5 Å². The molecule has 4 nitrogen and oxygen atoms in total. The Morgan fingerprint density at radius 3 is 2.62 bits per heavy atom. The van der Waals surface area contributed by atoms with E-state index in [0.717, 1.165) is 45.0 Å². The Kier molecular flexibility index (Phi) is 6.49. The number of hydrogen-bond acceptors (Lipinski definition) is 4. The molecule has 0 saturated carbocycles. The second-order valence-corrected chi connectivity index (χ2v) is 5.81. The largest absolute Gasteiger partial charge is 0.492 e. The van der Waals surface area contributed by atoms with Crippen molar-refractivity contribution >= 4 is 0 Å². The van der Waals surface area contributed by atoms with Crippen molar-refractivity contribution in [3.63, 3.8) is 0 Å². The molecule has 2 rings (SSSR count). The van der Waals surface area contributed by atoms with Gasteiger partial charge in [-0.2, -0.15) is 0 Å². The summed E-state index contributed by atoms with van der Waals surface area (Å²) in [6, 6.07) is 8.94. The summed E-state index contributed by atoms with van der Waals surface area (Å²) >= 11 is 0. The number of benzene rings is 1. The summed E-state index contributed by atoms with van der Waals surface area (Å²) in [4.78, 5) is 5.03. The minimum absolute atomic E-state index is 0.652. The van der Waals surface area contributed by atoms with Gasteiger partial charge in [-0.15, -0.1) is 0 Å². The minimum atomic E-state index is 0.652. The summed E-state index contributed by atoms with van der Waals surface area (Å²) in [5.74, 6) is 0.955. The number of likely N-dealkylation sites (N-methyl/N-ethyl adjacent to an activating group) is 1. The Morgan fingerprint density at radius 2 is 2.00 bits per heavy atom. The molecule has 1 unspecified atom stereocenters. The highest BCUT2D eigenvalue weighted by atomic mass is 16.5. The molecule has 1 aromatic carbocycles. The van der Waals surface area contributed by atoms with E-state index in [9.17, 15) is 0 Å². The van der Waals surface area contributed by atoms with Gasteiger partial charge in [0, 0.05) is 32.2 Å². The van der Waals surface area contributed by atoms with Crippen LogP contribution in [0.5, 0.6) is 5.75 Å². The van der Waals surface area contributed by atoms with Crippen LogP contribution in [-0.2, 0) is 6.42 Å². The lowest BCUT2D eigenvalue weighted by atomic mass is 10.1. The molecule has 1 saturated heterocycles. The van der Waals surface area contributed by atoms with Crippen molar-refractivity contribution in [2.45, 2.75) is 26.3 Å². The predicted octanol–water partition coefficient (Wildman–Crippen LogP) is 1.59. The lowest BCUT2D eigenvalue weighted by molar-refractivity contribution is 0.0781. The highest BCUT2D eigenvalue weighted by Crippen LogP contribution is 2.13. The SMILES string of the molecule is CCN1CCN(CCOc2ccc(CCN)cc2)CC1C. The number of hydrogen-bond donors (Lipinski definition) is 1. The van der Waals surface area contributed by atoms with E-state index in [1.54, 1.807) is 0 Å². The Labute approximate surface area is 128 Å². The van der Waals surface area contributed by atoms with Crippen LogP contribution in [0.1, 0.15) is 19.4 Å². The fraction of sp³-hybridized carbons (Fsp3) is 0.647. The first kappa shape index (κ1) is 16.3. The lowest BCUT2D eigenvalue weighted by Gasteiger charge is -2.39. The van der Waals surface area contributed by atoms with Crippen molar-refractivity contribution < 1.29 is 4.74 Å². The molecule has 0 aromatic heterocycles. The van der Waals surface area contributed by atoms with E-state index in [2.05, 4.69) is 35.8 Å². The van der Waals surface area contributed by atoms with Gasteiger partial charge in [0.2, 0.25) is 0 Å². The summed E-state index contributed by atoms with van der Waals surface area (Å²) in [5, 5.41) is 0. The van der Waals surface area contributed by atoms with Gasteiger partial charge in [0.15, 0.2) is 0 Å². The van der Waals surface area contributed by atoms with E-state index < -0.39 is 0 Å².